The van der Waals surface area contributed by atoms with Gasteiger partial charge in [0.25, 0.3) is 0 Å². The average Bonchev–Trinajstić information content (AvgIpc) is 2.27. The van der Waals surface area contributed by atoms with Crippen molar-refractivity contribution in [2.45, 2.75) is 13.5 Å². The molecule has 0 fully saturated rings. The zero-order valence-corrected chi connectivity index (χ0v) is 8.53. The van der Waals surface area contributed by atoms with Crippen LogP contribution in [0.3, 0.4) is 0 Å². The van der Waals surface area contributed by atoms with Crippen LogP contribution in [0.15, 0.2) is 18.2 Å². The van der Waals surface area contributed by atoms with E-state index in [0.29, 0.717) is 17.9 Å². The van der Waals surface area contributed by atoms with Gasteiger partial charge in [-0.05, 0) is 13.0 Å². The lowest BCUT2D eigenvalue weighted by atomic mass is 10.1. The fourth-order valence-electron chi connectivity index (χ4n) is 1.17. The van der Waals surface area contributed by atoms with Crippen LogP contribution in [0.2, 0.25) is 0 Å². The van der Waals surface area contributed by atoms with Gasteiger partial charge in [0.2, 0.25) is 0 Å². The summed E-state index contributed by atoms with van der Waals surface area (Å²) < 4.78 is 10.2. The fraction of sp³-hybridized carbons (Fsp3) is 0.250. The topological polar surface area (TPSA) is 35.5 Å². The third kappa shape index (κ3) is 3.03. The first-order valence-corrected chi connectivity index (χ1v) is 4.60. The van der Waals surface area contributed by atoms with Gasteiger partial charge in [-0.25, -0.2) is 0 Å². The number of hydrogen-bond donors (Lipinski definition) is 0. The summed E-state index contributed by atoms with van der Waals surface area (Å²) in [6, 6.07) is 5.14. The molecule has 1 aromatic carbocycles. The third-order valence-corrected chi connectivity index (χ3v) is 1.84. The highest BCUT2D eigenvalue weighted by molar-refractivity contribution is 5.75. The third-order valence-electron chi connectivity index (χ3n) is 1.84. The highest BCUT2D eigenvalue weighted by Gasteiger charge is 2.04. The zero-order chi connectivity index (χ0) is 11.1. The standard InChI is InChI=1S/C12H12O3/c1-3-14-9-11-6-5-10(8-13)7-12(11)15-4-2/h1,5-8H,4,9H2,2H3. The quantitative estimate of drug-likeness (QED) is 0.543. The van der Waals surface area contributed by atoms with Crippen LogP contribution in [0.4, 0.5) is 0 Å². The van der Waals surface area contributed by atoms with E-state index in [1.165, 1.54) is 0 Å². The summed E-state index contributed by atoms with van der Waals surface area (Å²) in [6.07, 6.45) is 7.85. The first-order valence-electron chi connectivity index (χ1n) is 4.60. The minimum Gasteiger partial charge on any atom is -0.493 e. The molecule has 0 unspecified atom stereocenters. The van der Waals surface area contributed by atoms with E-state index in [1.54, 1.807) is 18.2 Å². The SMILES string of the molecule is C#COCc1ccc(C=O)cc1OCC. The van der Waals surface area contributed by atoms with Crippen LogP contribution in [0, 0.1) is 12.5 Å². The molecule has 0 aromatic heterocycles. The maximum Gasteiger partial charge on any atom is 0.150 e. The number of terminal acetylenes is 1. The lowest BCUT2D eigenvalue weighted by molar-refractivity contribution is 0.112. The van der Waals surface area contributed by atoms with E-state index in [0.717, 1.165) is 11.8 Å². The van der Waals surface area contributed by atoms with Crippen molar-refractivity contribution in [3.05, 3.63) is 29.3 Å². The van der Waals surface area contributed by atoms with Crippen LogP contribution in [-0.4, -0.2) is 12.9 Å². The normalized spacial score (nSPS) is 9.07. The van der Waals surface area contributed by atoms with Crippen molar-refractivity contribution in [2.24, 2.45) is 0 Å². The molecule has 0 saturated carbocycles. The molecule has 0 radical (unpaired) electrons. The maximum atomic E-state index is 10.6. The molecule has 0 spiro atoms. The average molecular weight is 204 g/mol. The summed E-state index contributed by atoms with van der Waals surface area (Å²) in [5.74, 6) is 0.636. The van der Waals surface area contributed by atoms with E-state index in [9.17, 15) is 4.79 Å². The Balaban J connectivity index is 2.93. The van der Waals surface area contributed by atoms with E-state index in [2.05, 4.69) is 6.11 Å². The van der Waals surface area contributed by atoms with Gasteiger partial charge in [0.05, 0.1) is 6.61 Å². The van der Waals surface area contributed by atoms with Gasteiger partial charge < -0.3 is 9.47 Å². The Morgan fingerprint density at radius 2 is 2.33 bits per heavy atom. The summed E-state index contributed by atoms with van der Waals surface area (Å²) in [5, 5.41) is 0. The summed E-state index contributed by atoms with van der Waals surface area (Å²) >= 11 is 0. The van der Waals surface area contributed by atoms with Crippen molar-refractivity contribution in [3.63, 3.8) is 0 Å². The first-order chi connectivity index (χ1) is 7.31. The number of carbonyl (C=O) groups is 1. The molecular formula is C12H12O3. The number of carbonyl (C=O) groups excluding carboxylic acids is 1. The van der Waals surface area contributed by atoms with Crippen molar-refractivity contribution in [3.8, 4) is 18.3 Å². The molecule has 1 aromatic rings. The Morgan fingerprint density at radius 3 is 2.93 bits per heavy atom. The van der Waals surface area contributed by atoms with Crippen LogP contribution in [0.5, 0.6) is 5.75 Å². The molecule has 0 saturated heterocycles. The molecule has 3 nitrogen and oxygen atoms in total. The van der Waals surface area contributed by atoms with Gasteiger partial charge in [0, 0.05) is 11.1 Å². The second-order valence-electron chi connectivity index (χ2n) is 2.82. The minimum absolute atomic E-state index is 0.283. The molecule has 0 aliphatic carbocycles. The highest BCUT2D eigenvalue weighted by Crippen LogP contribution is 2.20. The smallest absolute Gasteiger partial charge is 0.150 e. The van der Waals surface area contributed by atoms with Gasteiger partial charge in [0.1, 0.15) is 24.7 Å². The molecular weight excluding hydrogens is 192 g/mol. The summed E-state index contributed by atoms with van der Waals surface area (Å²) in [5.41, 5.74) is 1.41. The lowest BCUT2D eigenvalue weighted by Gasteiger charge is -2.09. The fourth-order valence-corrected chi connectivity index (χ4v) is 1.17. The highest BCUT2D eigenvalue weighted by atomic mass is 16.5. The van der Waals surface area contributed by atoms with Crippen molar-refractivity contribution >= 4 is 6.29 Å². The van der Waals surface area contributed by atoms with Crippen LogP contribution in [0.1, 0.15) is 22.8 Å². The van der Waals surface area contributed by atoms with Gasteiger partial charge in [0.15, 0.2) is 0 Å². The number of aldehydes is 1. The van der Waals surface area contributed by atoms with E-state index in [1.807, 2.05) is 6.92 Å². The van der Waals surface area contributed by atoms with E-state index in [-0.39, 0.29) is 6.61 Å². The molecule has 15 heavy (non-hydrogen) atoms. The second-order valence-corrected chi connectivity index (χ2v) is 2.82. The second kappa shape index (κ2) is 5.71. The molecule has 0 heterocycles. The van der Waals surface area contributed by atoms with E-state index >= 15 is 0 Å². The summed E-state index contributed by atoms with van der Waals surface area (Å²) in [4.78, 5) is 10.6. The van der Waals surface area contributed by atoms with Crippen molar-refractivity contribution < 1.29 is 14.3 Å². The van der Waals surface area contributed by atoms with Gasteiger partial charge in [-0.2, -0.15) is 0 Å². The van der Waals surface area contributed by atoms with Crippen molar-refractivity contribution in [1.29, 1.82) is 0 Å². The molecule has 0 aliphatic heterocycles. The van der Waals surface area contributed by atoms with Gasteiger partial charge in [-0.3, -0.25) is 4.79 Å². The number of rotatable bonds is 5. The maximum absolute atomic E-state index is 10.6. The van der Waals surface area contributed by atoms with Crippen molar-refractivity contribution in [2.75, 3.05) is 6.61 Å². The van der Waals surface area contributed by atoms with E-state index < -0.39 is 0 Å². The number of benzene rings is 1. The first kappa shape index (κ1) is 11.1. The van der Waals surface area contributed by atoms with Crippen LogP contribution < -0.4 is 4.74 Å². The summed E-state index contributed by atoms with van der Waals surface area (Å²) in [7, 11) is 0. The van der Waals surface area contributed by atoms with Crippen LogP contribution in [0.25, 0.3) is 0 Å². The Morgan fingerprint density at radius 1 is 1.53 bits per heavy atom. The monoisotopic (exact) mass is 204 g/mol. The lowest BCUT2D eigenvalue weighted by Crippen LogP contribution is -1.98. The summed E-state index contributed by atoms with van der Waals surface area (Å²) in [6.45, 7) is 2.69. The molecule has 0 bridgehead atoms. The molecule has 1 rings (SSSR count). The number of ether oxygens (including phenoxy) is 2. The largest absolute Gasteiger partial charge is 0.493 e. The van der Waals surface area contributed by atoms with Crippen molar-refractivity contribution in [1.82, 2.24) is 0 Å². The van der Waals surface area contributed by atoms with E-state index in [4.69, 9.17) is 15.9 Å². The minimum atomic E-state index is 0.283. The Bertz CT molecular complexity index is 377. The predicted octanol–water partition coefficient (Wildman–Crippen LogP) is 2.01. The van der Waals surface area contributed by atoms with Gasteiger partial charge in [-0.1, -0.05) is 18.6 Å². The Labute approximate surface area is 89.0 Å². The Hall–Kier alpha value is -1.95. The molecule has 78 valence electrons. The van der Waals surface area contributed by atoms with Gasteiger partial charge >= 0.3 is 0 Å². The molecule has 0 amide bonds. The molecule has 0 aliphatic rings. The Kier molecular flexibility index (Phi) is 4.24. The molecule has 0 N–H and O–H groups in total. The number of hydrogen-bond acceptors (Lipinski definition) is 3. The molecule has 0 atom stereocenters. The van der Waals surface area contributed by atoms with Crippen LogP contribution in [-0.2, 0) is 11.3 Å². The predicted molar refractivity (Wildman–Crippen MR) is 56.6 cm³/mol. The molecule has 3 heteroatoms. The zero-order valence-electron chi connectivity index (χ0n) is 8.53. The van der Waals surface area contributed by atoms with Crippen LogP contribution >= 0.6 is 0 Å². The van der Waals surface area contributed by atoms with Gasteiger partial charge in [-0.15, -0.1) is 0 Å².